The van der Waals surface area contributed by atoms with Crippen LogP contribution >= 0.6 is 15.9 Å². The second-order valence-electron chi connectivity index (χ2n) is 9.51. The van der Waals surface area contributed by atoms with E-state index in [1.807, 2.05) is 25.7 Å². The molecular formula is C23H36BrN3O2. The van der Waals surface area contributed by atoms with E-state index in [1.54, 1.807) is 0 Å². The Morgan fingerprint density at radius 1 is 1.10 bits per heavy atom. The molecule has 2 saturated heterocycles. The Balaban J connectivity index is 1.50. The Morgan fingerprint density at radius 3 is 2.28 bits per heavy atom. The smallest absolute Gasteiger partial charge is 0.410 e. The summed E-state index contributed by atoms with van der Waals surface area (Å²) in [4.78, 5) is 19.4. The average molecular weight is 466 g/mol. The first kappa shape index (κ1) is 22.6. The van der Waals surface area contributed by atoms with E-state index in [0.717, 1.165) is 50.0 Å². The summed E-state index contributed by atoms with van der Waals surface area (Å²) in [5.41, 5.74) is 0.949. The molecule has 6 heteroatoms. The van der Waals surface area contributed by atoms with Crippen molar-refractivity contribution in [2.75, 3.05) is 32.7 Å². The molecule has 0 N–H and O–H groups in total. The molecule has 3 rings (SSSR count). The van der Waals surface area contributed by atoms with E-state index in [-0.39, 0.29) is 6.09 Å². The first-order valence-electron chi connectivity index (χ1n) is 10.9. The molecule has 1 aromatic rings. The highest BCUT2D eigenvalue weighted by Crippen LogP contribution is 2.28. The van der Waals surface area contributed by atoms with Gasteiger partial charge >= 0.3 is 6.09 Å². The van der Waals surface area contributed by atoms with Crippen LogP contribution in [0.4, 0.5) is 4.79 Å². The molecule has 0 bridgehead atoms. The molecule has 0 spiro atoms. The quantitative estimate of drug-likeness (QED) is 0.634. The van der Waals surface area contributed by atoms with Crippen LogP contribution < -0.4 is 0 Å². The number of piperazine rings is 1. The zero-order valence-corrected chi connectivity index (χ0v) is 20.1. The van der Waals surface area contributed by atoms with Crippen LogP contribution in [0.25, 0.3) is 0 Å². The maximum Gasteiger partial charge on any atom is 0.410 e. The monoisotopic (exact) mass is 465 g/mol. The molecule has 5 nitrogen and oxygen atoms in total. The van der Waals surface area contributed by atoms with Gasteiger partial charge in [-0.15, -0.1) is 0 Å². The van der Waals surface area contributed by atoms with Gasteiger partial charge in [-0.1, -0.05) is 28.1 Å². The lowest BCUT2D eigenvalue weighted by molar-refractivity contribution is -0.00206. The summed E-state index contributed by atoms with van der Waals surface area (Å²) in [7, 11) is 0. The third-order valence-electron chi connectivity index (χ3n) is 6.19. The molecule has 0 aliphatic carbocycles. The summed E-state index contributed by atoms with van der Waals surface area (Å²) in [6.07, 6.45) is 1.90. The molecule has 0 aromatic heterocycles. The number of ether oxygens (including phenoxy) is 1. The fourth-order valence-electron chi connectivity index (χ4n) is 4.58. The zero-order chi connectivity index (χ0) is 21.2. The van der Waals surface area contributed by atoms with Crippen molar-refractivity contribution in [3.63, 3.8) is 0 Å². The molecular weight excluding hydrogens is 430 g/mol. The number of amides is 1. The maximum absolute atomic E-state index is 12.3. The molecule has 2 fully saturated rings. The molecule has 2 heterocycles. The fraction of sp³-hybridized carbons (Fsp3) is 0.696. The number of hydrogen-bond acceptors (Lipinski definition) is 4. The minimum absolute atomic E-state index is 0.169. The Kier molecular flexibility index (Phi) is 7.28. The van der Waals surface area contributed by atoms with Crippen molar-refractivity contribution >= 4 is 22.0 Å². The largest absolute Gasteiger partial charge is 0.444 e. The number of piperidine rings is 1. The van der Waals surface area contributed by atoms with Gasteiger partial charge in [0.1, 0.15) is 5.60 Å². The highest BCUT2D eigenvalue weighted by molar-refractivity contribution is 9.10. The van der Waals surface area contributed by atoms with Crippen LogP contribution in [-0.2, 0) is 4.74 Å². The van der Waals surface area contributed by atoms with Crippen LogP contribution in [-0.4, -0.2) is 71.2 Å². The predicted octanol–water partition coefficient (Wildman–Crippen LogP) is 4.92. The lowest BCUT2D eigenvalue weighted by Gasteiger charge is -2.47. The number of rotatable bonds is 3. The molecule has 2 atom stereocenters. The normalized spacial score (nSPS) is 23.8. The average Bonchev–Trinajstić information content (AvgIpc) is 2.67. The Hall–Kier alpha value is -1.11. The second kappa shape index (κ2) is 9.36. The Bertz CT molecular complexity index is 680. The number of likely N-dealkylation sites (tertiary alicyclic amines) is 1. The summed E-state index contributed by atoms with van der Waals surface area (Å²) >= 11 is 3.53. The number of carbonyl (C=O) groups is 1. The van der Waals surface area contributed by atoms with E-state index in [9.17, 15) is 4.79 Å². The minimum atomic E-state index is -0.425. The van der Waals surface area contributed by atoms with Crippen molar-refractivity contribution in [1.29, 1.82) is 0 Å². The number of nitrogens with zero attached hydrogens (tertiary/aromatic N) is 3. The van der Waals surface area contributed by atoms with Crippen LogP contribution in [0.2, 0.25) is 0 Å². The van der Waals surface area contributed by atoms with Crippen molar-refractivity contribution in [3.8, 4) is 0 Å². The van der Waals surface area contributed by atoms with E-state index in [2.05, 4.69) is 63.8 Å². The fourth-order valence-corrected chi connectivity index (χ4v) is 4.84. The van der Waals surface area contributed by atoms with Gasteiger partial charge in [-0.25, -0.2) is 4.79 Å². The van der Waals surface area contributed by atoms with Gasteiger partial charge in [0.2, 0.25) is 0 Å². The molecule has 162 valence electrons. The van der Waals surface area contributed by atoms with Gasteiger partial charge in [0.05, 0.1) is 0 Å². The highest BCUT2D eigenvalue weighted by atomic mass is 79.9. The highest BCUT2D eigenvalue weighted by Gasteiger charge is 2.34. The summed E-state index contributed by atoms with van der Waals surface area (Å²) in [5, 5.41) is 0. The molecule has 1 aromatic carbocycles. The third-order valence-corrected chi connectivity index (χ3v) is 6.72. The van der Waals surface area contributed by atoms with Crippen LogP contribution in [0.3, 0.4) is 0 Å². The molecule has 1 amide bonds. The number of hydrogen-bond donors (Lipinski definition) is 0. The summed E-state index contributed by atoms with van der Waals surface area (Å²) in [6, 6.07) is 10.2. The van der Waals surface area contributed by atoms with Crippen LogP contribution in [0.5, 0.6) is 0 Å². The number of carbonyl (C=O) groups excluding carboxylic acids is 1. The van der Waals surface area contributed by atoms with E-state index < -0.39 is 5.60 Å². The SMILES string of the molecule is CC(c1ccc(Br)cc1)N1CCN(C2CCN(C(=O)OC(C)(C)C)CC2)C[C@H]1C. The van der Waals surface area contributed by atoms with E-state index >= 15 is 0 Å². The van der Waals surface area contributed by atoms with E-state index in [4.69, 9.17) is 4.74 Å². The Morgan fingerprint density at radius 2 is 1.72 bits per heavy atom. The van der Waals surface area contributed by atoms with Gasteiger partial charge in [0.15, 0.2) is 0 Å². The first-order chi connectivity index (χ1) is 13.6. The van der Waals surface area contributed by atoms with Gasteiger partial charge in [0.25, 0.3) is 0 Å². The summed E-state index contributed by atoms with van der Waals surface area (Å²) < 4.78 is 6.66. The van der Waals surface area contributed by atoms with Crippen LogP contribution in [0.1, 0.15) is 59.1 Å². The minimum Gasteiger partial charge on any atom is -0.444 e. The molecule has 1 unspecified atom stereocenters. The third kappa shape index (κ3) is 5.96. The molecule has 2 aliphatic heterocycles. The second-order valence-corrected chi connectivity index (χ2v) is 10.4. The molecule has 0 radical (unpaired) electrons. The topological polar surface area (TPSA) is 36.0 Å². The van der Waals surface area contributed by atoms with Gasteiger partial charge in [-0.05, 0) is 65.2 Å². The molecule has 0 saturated carbocycles. The molecule has 2 aliphatic rings. The lowest BCUT2D eigenvalue weighted by atomic mass is 9.99. The summed E-state index contributed by atoms with van der Waals surface area (Å²) in [6.45, 7) is 15.3. The standard InChI is InChI=1S/C23H36BrN3O2/c1-17-16-26(14-15-27(17)18(2)19-6-8-20(24)9-7-19)21-10-12-25(13-11-21)22(28)29-23(3,4)5/h6-9,17-18,21H,10-16H2,1-5H3/t17-,18?/m1/s1. The first-order valence-corrected chi connectivity index (χ1v) is 11.7. The van der Waals surface area contributed by atoms with Crippen molar-refractivity contribution in [2.45, 2.75) is 71.2 Å². The molecule has 29 heavy (non-hydrogen) atoms. The van der Waals surface area contributed by atoms with E-state index in [0.29, 0.717) is 18.1 Å². The van der Waals surface area contributed by atoms with E-state index in [1.165, 1.54) is 5.56 Å². The van der Waals surface area contributed by atoms with Crippen molar-refractivity contribution < 1.29 is 9.53 Å². The number of halogens is 1. The van der Waals surface area contributed by atoms with Crippen LogP contribution in [0, 0.1) is 0 Å². The van der Waals surface area contributed by atoms with Crippen LogP contribution in [0.15, 0.2) is 28.7 Å². The zero-order valence-electron chi connectivity index (χ0n) is 18.5. The lowest BCUT2D eigenvalue weighted by Crippen LogP contribution is -2.57. The van der Waals surface area contributed by atoms with Crippen molar-refractivity contribution in [2.24, 2.45) is 0 Å². The Labute approximate surface area is 184 Å². The van der Waals surface area contributed by atoms with Gasteiger partial charge in [-0.2, -0.15) is 0 Å². The van der Waals surface area contributed by atoms with Gasteiger partial charge < -0.3 is 9.64 Å². The predicted molar refractivity (Wildman–Crippen MR) is 121 cm³/mol. The maximum atomic E-state index is 12.3. The summed E-state index contributed by atoms with van der Waals surface area (Å²) in [5.74, 6) is 0. The number of benzene rings is 1. The van der Waals surface area contributed by atoms with Crippen molar-refractivity contribution in [1.82, 2.24) is 14.7 Å². The van der Waals surface area contributed by atoms with Gasteiger partial charge in [0, 0.05) is 55.3 Å². The van der Waals surface area contributed by atoms with Crippen molar-refractivity contribution in [3.05, 3.63) is 34.3 Å². The van der Waals surface area contributed by atoms with Gasteiger partial charge in [-0.3, -0.25) is 9.80 Å².